The highest BCUT2D eigenvalue weighted by molar-refractivity contribution is 7.99. The van der Waals surface area contributed by atoms with Gasteiger partial charge in [-0.15, -0.1) is 0 Å². The lowest BCUT2D eigenvalue weighted by molar-refractivity contribution is -0.120. The number of rotatable bonds is 14. The Morgan fingerprint density at radius 3 is 2.69 bits per heavy atom. The molecule has 3 aliphatic rings. The van der Waals surface area contributed by atoms with Crippen molar-refractivity contribution >= 4 is 45.9 Å². The van der Waals surface area contributed by atoms with Crippen molar-refractivity contribution in [1.82, 2.24) is 15.2 Å². The van der Waals surface area contributed by atoms with Gasteiger partial charge in [0.15, 0.2) is 11.5 Å². The summed E-state index contributed by atoms with van der Waals surface area (Å²) < 4.78 is 11.3. The van der Waals surface area contributed by atoms with E-state index in [1.165, 1.54) is 27.8 Å². The Kier molecular flexibility index (Phi) is 11.4. The molecule has 51 heavy (non-hydrogen) atoms. The maximum atomic E-state index is 12.7. The maximum Gasteiger partial charge on any atom is 0.220 e. The highest BCUT2D eigenvalue weighted by Gasteiger charge is 2.34. The van der Waals surface area contributed by atoms with Crippen LogP contribution < -0.4 is 20.5 Å². The van der Waals surface area contributed by atoms with Crippen LogP contribution in [-0.2, 0) is 17.6 Å². The molecule has 7 rings (SSSR count). The van der Waals surface area contributed by atoms with Crippen LogP contribution in [0.25, 0.3) is 10.9 Å². The zero-order chi connectivity index (χ0) is 35.3. The molecule has 0 saturated heterocycles. The minimum absolute atomic E-state index is 0.151. The molecule has 0 saturated carbocycles. The molecule has 7 nitrogen and oxygen atoms in total. The van der Waals surface area contributed by atoms with Crippen molar-refractivity contribution in [2.24, 2.45) is 5.92 Å². The maximum absolute atomic E-state index is 12.7. The molecule has 1 unspecified atom stereocenters. The Morgan fingerprint density at radius 1 is 1.04 bits per heavy atom. The molecule has 2 aliphatic carbocycles. The molecule has 268 valence electrons. The van der Waals surface area contributed by atoms with Crippen LogP contribution in [0.15, 0.2) is 72.3 Å². The van der Waals surface area contributed by atoms with Gasteiger partial charge in [0.1, 0.15) is 0 Å². The van der Waals surface area contributed by atoms with Crippen molar-refractivity contribution in [3.05, 3.63) is 105 Å². The van der Waals surface area contributed by atoms with Crippen LogP contribution in [0.4, 0.5) is 5.69 Å². The number of anilines is 1. The molecule has 0 radical (unpaired) electrons. The third kappa shape index (κ3) is 8.03. The lowest BCUT2D eigenvalue weighted by atomic mass is 9.70. The number of amides is 1. The number of fused-ring (bicyclic) bond motifs is 6. The summed E-state index contributed by atoms with van der Waals surface area (Å²) in [6.45, 7) is 2.72. The van der Waals surface area contributed by atoms with Crippen molar-refractivity contribution < 1.29 is 14.3 Å². The molecule has 4 aromatic rings. The number of ether oxygens (including phenoxy) is 2. The van der Waals surface area contributed by atoms with Crippen LogP contribution >= 0.6 is 23.4 Å². The number of aromatic nitrogens is 1. The van der Waals surface area contributed by atoms with E-state index in [4.69, 9.17) is 31.8 Å². The molecule has 0 fully saturated rings. The second kappa shape index (κ2) is 16.3. The number of hydrogen-bond acceptors (Lipinski definition) is 7. The SMILES string of the molecule is COc1cc2c(cc1OC)C(c1ccccc1)N(CCCSCCC(=O)NCCCC1=C[C@H]3Cc4nc5cc(Cl)ccc5c(N)c4[C@H](C1)C3)CC2. The number of nitrogens with one attached hydrogen (secondary N) is 1. The van der Waals surface area contributed by atoms with E-state index in [2.05, 4.69) is 58.8 Å². The molecule has 1 aromatic heterocycles. The smallest absolute Gasteiger partial charge is 0.220 e. The van der Waals surface area contributed by atoms with E-state index < -0.39 is 0 Å². The van der Waals surface area contributed by atoms with E-state index in [0.717, 1.165) is 110 Å². The second-order valence-electron chi connectivity index (χ2n) is 14.1. The summed E-state index contributed by atoms with van der Waals surface area (Å²) in [5.41, 5.74) is 16.3. The van der Waals surface area contributed by atoms with Gasteiger partial charge in [0.2, 0.25) is 5.91 Å². The number of allylic oxidation sites excluding steroid dienone is 2. The first-order valence-electron chi connectivity index (χ1n) is 18.4. The first-order chi connectivity index (χ1) is 24.9. The topological polar surface area (TPSA) is 89.7 Å². The number of thioether (sulfide) groups is 1. The van der Waals surface area contributed by atoms with Crippen molar-refractivity contribution in [3.63, 3.8) is 0 Å². The van der Waals surface area contributed by atoms with E-state index >= 15 is 0 Å². The number of nitrogen functional groups attached to an aromatic ring is 1. The van der Waals surface area contributed by atoms with Gasteiger partial charge in [-0.3, -0.25) is 14.7 Å². The van der Waals surface area contributed by atoms with Gasteiger partial charge in [0, 0.05) is 52.6 Å². The molecule has 3 N–H and O–H groups in total. The standard InChI is InChI=1S/C42H49ClN4O3S/c1-49-37-24-30-13-17-47(42(29-9-4-3-5-10-29)34(30)26-38(37)50-2)16-7-18-51-19-14-39(48)45-15-6-8-27-20-28-22-31(21-27)40-36(23-28)46-35-25-32(43)11-12-33(35)41(40)44/h3-5,9-12,20,24-26,28,31,42H,6-8,13-19,21-23H2,1-2H3,(H2,44,46)(H,45,48)/t28-,31-,42?/m1/s1. The quantitative estimate of drug-likeness (QED) is 0.0996. The van der Waals surface area contributed by atoms with Gasteiger partial charge in [-0.05, 0) is 116 Å². The summed E-state index contributed by atoms with van der Waals surface area (Å²) in [6, 6.07) is 21.1. The van der Waals surface area contributed by atoms with Crippen LogP contribution in [0, 0.1) is 5.92 Å². The first kappa shape index (κ1) is 35.7. The zero-order valence-electron chi connectivity index (χ0n) is 29.8. The molecule has 2 heterocycles. The van der Waals surface area contributed by atoms with Gasteiger partial charge in [0.05, 0.1) is 25.8 Å². The van der Waals surface area contributed by atoms with Gasteiger partial charge in [-0.1, -0.05) is 53.6 Å². The molecule has 1 aliphatic heterocycles. The van der Waals surface area contributed by atoms with Crippen LogP contribution in [0.3, 0.4) is 0 Å². The lowest BCUT2D eigenvalue weighted by Gasteiger charge is -2.38. The Hall–Kier alpha value is -3.72. The van der Waals surface area contributed by atoms with E-state index in [1.54, 1.807) is 14.2 Å². The van der Waals surface area contributed by atoms with Gasteiger partial charge in [-0.2, -0.15) is 11.8 Å². The number of benzene rings is 3. The summed E-state index contributed by atoms with van der Waals surface area (Å²) in [7, 11) is 3.40. The fourth-order valence-corrected chi connectivity index (χ4v) is 9.54. The number of carbonyl (C=O) groups is 1. The zero-order valence-corrected chi connectivity index (χ0v) is 31.3. The van der Waals surface area contributed by atoms with Crippen molar-refractivity contribution in [3.8, 4) is 11.5 Å². The molecule has 2 bridgehead atoms. The van der Waals surface area contributed by atoms with E-state index in [0.29, 0.717) is 23.3 Å². The lowest BCUT2D eigenvalue weighted by Crippen LogP contribution is -2.37. The Bertz CT molecular complexity index is 1900. The fraction of sp³-hybridized carbons (Fsp3) is 0.429. The number of hydrogen-bond donors (Lipinski definition) is 2. The van der Waals surface area contributed by atoms with Gasteiger partial charge in [-0.25, -0.2) is 0 Å². The Labute approximate surface area is 311 Å². The van der Waals surface area contributed by atoms with E-state index in [1.807, 2.05) is 30.0 Å². The summed E-state index contributed by atoms with van der Waals surface area (Å²) in [5.74, 6) is 4.52. The Morgan fingerprint density at radius 2 is 1.86 bits per heavy atom. The number of methoxy groups -OCH3 is 2. The molecule has 0 spiro atoms. The number of pyridine rings is 1. The highest BCUT2D eigenvalue weighted by atomic mass is 35.5. The van der Waals surface area contributed by atoms with Crippen molar-refractivity contribution in [1.29, 1.82) is 0 Å². The third-order valence-electron chi connectivity index (χ3n) is 10.8. The fourth-order valence-electron chi connectivity index (χ4n) is 8.51. The van der Waals surface area contributed by atoms with E-state index in [9.17, 15) is 4.79 Å². The minimum Gasteiger partial charge on any atom is -0.493 e. The molecular weight excluding hydrogens is 676 g/mol. The molecule has 9 heteroatoms. The summed E-state index contributed by atoms with van der Waals surface area (Å²) >= 11 is 8.11. The second-order valence-corrected chi connectivity index (χ2v) is 15.8. The molecular formula is C42H49ClN4O3S. The average Bonchev–Trinajstić information content (AvgIpc) is 3.14. The molecule has 3 atom stereocenters. The van der Waals surface area contributed by atoms with Gasteiger partial charge in [0.25, 0.3) is 0 Å². The highest BCUT2D eigenvalue weighted by Crippen LogP contribution is 2.47. The number of carbonyl (C=O) groups excluding carboxylic acids is 1. The van der Waals surface area contributed by atoms with Crippen LogP contribution in [-0.4, -0.2) is 61.2 Å². The summed E-state index contributed by atoms with van der Waals surface area (Å²) in [5, 5.41) is 4.86. The van der Waals surface area contributed by atoms with Crippen molar-refractivity contribution in [2.75, 3.05) is 51.1 Å². The van der Waals surface area contributed by atoms with Gasteiger partial charge < -0.3 is 20.5 Å². The largest absolute Gasteiger partial charge is 0.493 e. The van der Waals surface area contributed by atoms with Crippen LogP contribution in [0.5, 0.6) is 11.5 Å². The molecule has 3 aromatic carbocycles. The number of nitrogens with zero attached hydrogens (tertiary/aromatic N) is 2. The van der Waals surface area contributed by atoms with Crippen molar-refractivity contribution in [2.45, 2.75) is 63.3 Å². The predicted molar refractivity (Wildman–Crippen MR) is 210 cm³/mol. The number of halogens is 1. The van der Waals surface area contributed by atoms with E-state index in [-0.39, 0.29) is 11.9 Å². The third-order valence-corrected chi connectivity index (χ3v) is 12.1. The minimum atomic E-state index is 0.151. The van der Waals surface area contributed by atoms with Crippen LogP contribution in [0.2, 0.25) is 5.02 Å². The summed E-state index contributed by atoms with van der Waals surface area (Å²) in [6.07, 6.45) is 10.2. The first-order valence-corrected chi connectivity index (χ1v) is 19.9. The van der Waals surface area contributed by atoms with Gasteiger partial charge >= 0.3 is 0 Å². The normalized spacial score (nSPS) is 19.6. The monoisotopic (exact) mass is 724 g/mol. The summed E-state index contributed by atoms with van der Waals surface area (Å²) in [4.78, 5) is 20.2. The average molecular weight is 725 g/mol. The molecule has 1 amide bonds. The number of nitrogens with two attached hydrogens (primary N) is 1. The Balaban J connectivity index is 0.830. The predicted octanol–water partition coefficient (Wildman–Crippen LogP) is 8.52. The van der Waals surface area contributed by atoms with Crippen LogP contribution in [0.1, 0.15) is 78.4 Å².